The number of aromatic nitrogens is 3. The molecule has 0 fully saturated rings. The lowest BCUT2D eigenvalue weighted by molar-refractivity contribution is 1.21. The molecule has 0 radical (unpaired) electrons. The second kappa shape index (κ2) is 4.79. The Balaban J connectivity index is 1.58. The lowest BCUT2D eigenvalue weighted by Gasteiger charge is -1.93. The molecule has 0 spiro atoms. The van der Waals surface area contributed by atoms with Crippen molar-refractivity contribution in [2.24, 2.45) is 5.10 Å². The standard InChI is InChI=1S/C16H13N5/c1-2-6-13-12(5-1)11(9-17-13)10-18-21-16-19-14-7-3-4-8-15(14)20-16/h1-10,17H,(H2,19,20,21)/b18-10+. The van der Waals surface area contributed by atoms with Gasteiger partial charge in [0.1, 0.15) is 0 Å². The maximum absolute atomic E-state index is 4.41. The van der Waals surface area contributed by atoms with Crippen molar-refractivity contribution in [2.75, 3.05) is 5.43 Å². The summed E-state index contributed by atoms with van der Waals surface area (Å²) in [6.07, 6.45) is 3.72. The number of hydrogen-bond acceptors (Lipinski definition) is 3. The highest BCUT2D eigenvalue weighted by Gasteiger charge is 2.01. The van der Waals surface area contributed by atoms with Crippen molar-refractivity contribution in [3.05, 3.63) is 60.3 Å². The summed E-state index contributed by atoms with van der Waals surface area (Å²) >= 11 is 0. The number of anilines is 1. The van der Waals surface area contributed by atoms with E-state index in [1.165, 1.54) is 0 Å². The molecule has 102 valence electrons. The monoisotopic (exact) mass is 275 g/mol. The molecule has 0 aliphatic heterocycles. The SMILES string of the molecule is C(=N\Nc1nc2ccccc2[nH]1)/c1c[nH]c2ccccc12. The first kappa shape index (κ1) is 11.7. The number of fused-ring (bicyclic) bond motifs is 2. The highest BCUT2D eigenvalue weighted by molar-refractivity contribution is 5.99. The minimum Gasteiger partial charge on any atom is -0.361 e. The highest BCUT2D eigenvalue weighted by Crippen LogP contribution is 2.16. The van der Waals surface area contributed by atoms with Crippen molar-refractivity contribution < 1.29 is 0 Å². The van der Waals surface area contributed by atoms with Crippen LogP contribution >= 0.6 is 0 Å². The Kier molecular flexibility index (Phi) is 2.67. The van der Waals surface area contributed by atoms with Crippen LogP contribution in [0.1, 0.15) is 5.56 Å². The number of para-hydroxylation sites is 3. The molecule has 0 aliphatic rings. The van der Waals surface area contributed by atoms with Gasteiger partial charge in [-0.2, -0.15) is 5.10 Å². The van der Waals surface area contributed by atoms with Crippen LogP contribution in [-0.4, -0.2) is 21.2 Å². The molecule has 3 N–H and O–H groups in total. The molecule has 4 rings (SSSR count). The number of rotatable bonds is 3. The smallest absolute Gasteiger partial charge is 0.222 e. The Hall–Kier alpha value is -3.08. The quantitative estimate of drug-likeness (QED) is 0.395. The molecule has 0 saturated carbocycles. The Bertz CT molecular complexity index is 899. The van der Waals surface area contributed by atoms with E-state index in [9.17, 15) is 0 Å². The zero-order valence-corrected chi connectivity index (χ0v) is 11.2. The molecule has 0 aliphatic carbocycles. The normalized spacial score (nSPS) is 11.6. The molecule has 0 amide bonds. The molecule has 21 heavy (non-hydrogen) atoms. The number of hydrogen-bond donors (Lipinski definition) is 3. The van der Waals surface area contributed by atoms with E-state index in [4.69, 9.17) is 0 Å². The van der Waals surface area contributed by atoms with E-state index < -0.39 is 0 Å². The van der Waals surface area contributed by atoms with Crippen LogP contribution in [0.5, 0.6) is 0 Å². The van der Waals surface area contributed by atoms with Crippen LogP contribution in [0.3, 0.4) is 0 Å². The number of nitrogens with one attached hydrogen (secondary N) is 3. The first-order valence-corrected chi connectivity index (χ1v) is 6.70. The third kappa shape index (κ3) is 2.14. The molecule has 0 unspecified atom stereocenters. The minimum absolute atomic E-state index is 0.632. The average molecular weight is 275 g/mol. The number of benzene rings is 2. The van der Waals surface area contributed by atoms with Gasteiger partial charge in [-0.3, -0.25) is 0 Å². The van der Waals surface area contributed by atoms with E-state index in [-0.39, 0.29) is 0 Å². The van der Waals surface area contributed by atoms with Crippen molar-refractivity contribution in [3.8, 4) is 0 Å². The van der Waals surface area contributed by atoms with E-state index >= 15 is 0 Å². The van der Waals surface area contributed by atoms with Gasteiger partial charge in [0.2, 0.25) is 5.95 Å². The molecule has 2 aromatic carbocycles. The predicted molar refractivity (Wildman–Crippen MR) is 85.6 cm³/mol. The van der Waals surface area contributed by atoms with Crippen LogP contribution in [0, 0.1) is 0 Å². The van der Waals surface area contributed by atoms with Crippen molar-refractivity contribution in [1.82, 2.24) is 15.0 Å². The molecule has 0 saturated heterocycles. The molecule has 2 heterocycles. The van der Waals surface area contributed by atoms with Crippen LogP contribution in [0.2, 0.25) is 0 Å². The van der Waals surface area contributed by atoms with Crippen LogP contribution in [-0.2, 0) is 0 Å². The fourth-order valence-corrected chi connectivity index (χ4v) is 2.37. The molecule has 0 bridgehead atoms. The summed E-state index contributed by atoms with van der Waals surface area (Å²) in [7, 11) is 0. The van der Waals surface area contributed by atoms with Gasteiger partial charge < -0.3 is 9.97 Å². The summed E-state index contributed by atoms with van der Waals surface area (Å²) in [5.74, 6) is 0.632. The second-order valence-corrected chi connectivity index (χ2v) is 4.76. The Morgan fingerprint density at radius 1 is 1.00 bits per heavy atom. The molecule has 5 nitrogen and oxygen atoms in total. The minimum atomic E-state index is 0.632. The van der Waals surface area contributed by atoms with Gasteiger partial charge in [-0.15, -0.1) is 0 Å². The van der Waals surface area contributed by atoms with E-state index in [1.807, 2.05) is 48.7 Å². The van der Waals surface area contributed by atoms with E-state index in [0.29, 0.717) is 5.95 Å². The van der Waals surface area contributed by atoms with Gasteiger partial charge in [0.25, 0.3) is 0 Å². The molecular formula is C16H13N5. The number of H-pyrrole nitrogens is 2. The fourth-order valence-electron chi connectivity index (χ4n) is 2.37. The van der Waals surface area contributed by atoms with Crippen LogP contribution in [0.25, 0.3) is 21.9 Å². The maximum atomic E-state index is 4.41. The van der Waals surface area contributed by atoms with Crippen molar-refractivity contribution in [2.45, 2.75) is 0 Å². The lowest BCUT2D eigenvalue weighted by Crippen LogP contribution is -1.91. The topological polar surface area (TPSA) is 68.9 Å². The molecule has 2 aromatic heterocycles. The summed E-state index contributed by atoms with van der Waals surface area (Å²) in [6, 6.07) is 16.0. The van der Waals surface area contributed by atoms with E-state index in [1.54, 1.807) is 6.21 Å². The third-order valence-electron chi connectivity index (χ3n) is 3.38. The Labute approximate surface area is 120 Å². The fraction of sp³-hybridized carbons (Fsp3) is 0. The summed E-state index contributed by atoms with van der Waals surface area (Å²) in [6.45, 7) is 0. The summed E-state index contributed by atoms with van der Waals surface area (Å²) in [5.41, 5.74) is 6.97. The zero-order valence-electron chi connectivity index (χ0n) is 11.2. The van der Waals surface area contributed by atoms with Crippen LogP contribution in [0.15, 0.2) is 59.8 Å². The maximum Gasteiger partial charge on any atom is 0.222 e. The van der Waals surface area contributed by atoms with Crippen molar-refractivity contribution >= 4 is 34.1 Å². The molecule has 5 heteroatoms. The Morgan fingerprint density at radius 2 is 1.81 bits per heavy atom. The highest BCUT2D eigenvalue weighted by atomic mass is 15.3. The number of imidazole rings is 1. The predicted octanol–water partition coefficient (Wildman–Crippen LogP) is 3.49. The van der Waals surface area contributed by atoms with Crippen LogP contribution < -0.4 is 5.43 Å². The van der Waals surface area contributed by atoms with Gasteiger partial charge in [-0.1, -0.05) is 30.3 Å². The number of aromatic amines is 2. The lowest BCUT2D eigenvalue weighted by atomic mass is 10.2. The molecule has 4 aromatic rings. The van der Waals surface area contributed by atoms with Gasteiger partial charge in [0, 0.05) is 22.7 Å². The molecular weight excluding hydrogens is 262 g/mol. The van der Waals surface area contributed by atoms with Gasteiger partial charge in [-0.25, -0.2) is 10.4 Å². The Morgan fingerprint density at radius 3 is 2.71 bits per heavy atom. The largest absolute Gasteiger partial charge is 0.361 e. The zero-order chi connectivity index (χ0) is 14.1. The van der Waals surface area contributed by atoms with Crippen LogP contribution in [0.4, 0.5) is 5.95 Å². The van der Waals surface area contributed by atoms with Crippen molar-refractivity contribution in [1.29, 1.82) is 0 Å². The van der Waals surface area contributed by atoms with Gasteiger partial charge >= 0.3 is 0 Å². The molecule has 0 atom stereocenters. The van der Waals surface area contributed by atoms with Gasteiger partial charge in [0.15, 0.2) is 0 Å². The number of hydrazone groups is 1. The average Bonchev–Trinajstić information content (AvgIpc) is 3.11. The van der Waals surface area contributed by atoms with E-state index in [2.05, 4.69) is 31.5 Å². The third-order valence-corrected chi connectivity index (χ3v) is 3.38. The first-order valence-electron chi connectivity index (χ1n) is 6.70. The van der Waals surface area contributed by atoms with Gasteiger partial charge in [0.05, 0.1) is 17.2 Å². The van der Waals surface area contributed by atoms with Crippen molar-refractivity contribution in [3.63, 3.8) is 0 Å². The summed E-state index contributed by atoms with van der Waals surface area (Å²) in [4.78, 5) is 10.8. The summed E-state index contributed by atoms with van der Waals surface area (Å²) in [5, 5.41) is 5.39. The summed E-state index contributed by atoms with van der Waals surface area (Å²) < 4.78 is 0. The van der Waals surface area contributed by atoms with Gasteiger partial charge in [-0.05, 0) is 18.2 Å². The second-order valence-electron chi connectivity index (χ2n) is 4.76. The first-order chi connectivity index (χ1) is 10.4. The van der Waals surface area contributed by atoms with E-state index in [0.717, 1.165) is 27.5 Å². The number of nitrogens with zero attached hydrogens (tertiary/aromatic N) is 2.